The maximum absolute atomic E-state index is 10.1. The monoisotopic (exact) mass is 128 g/mol. The van der Waals surface area contributed by atoms with Crippen LogP contribution >= 0.6 is 0 Å². The van der Waals surface area contributed by atoms with Gasteiger partial charge in [0.25, 0.3) is 0 Å². The highest BCUT2D eigenvalue weighted by Gasteiger charge is 2.26. The Bertz CT molecular complexity index is 114. The number of rotatable bonds is 2. The largest absolute Gasteiger partial charge is 0.481 e. The minimum atomic E-state index is -0.646. The van der Waals surface area contributed by atoms with E-state index in [-0.39, 0.29) is 0 Å². The maximum atomic E-state index is 10.1. The molecule has 0 bridgehead atoms. The van der Waals surface area contributed by atoms with E-state index >= 15 is 0 Å². The summed E-state index contributed by atoms with van der Waals surface area (Å²) < 4.78 is 0. The molecule has 1 saturated carbocycles. The summed E-state index contributed by atoms with van der Waals surface area (Å²) in [7, 11) is 0. The van der Waals surface area contributed by atoms with E-state index in [2.05, 4.69) is 6.92 Å². The van der Waals surface area contributed by atoms with Gasteiger partial charge in [0.15, 0.2) is 0 Å². The fourth-order valence-electron chi connectivity index (χ4n) is 1.48. The predicted octanol–water partition coefficient (Wildman–Crippen LogP) is 1.51. The van der Waals surface area contributed by atoms with E-state index in [0.29, 0.717) is 12.3 Å². The molecule has 2 nitrogen and oxygen atoms in total. The molecule has 1 aliphatic carbocycles. The second-order valence-corrected chi connectivity index (χ2v) is 3.04. The molecule has 0 spiro atoms. The van der Waals surface area contributed by atoms with Crippen LogP contribution in [0.1, 0.15) is 26.2 Å². The minimum Gasteiger partial charge on any atom is -0.481 e. The van der Waals surface area contributed by atoms with Crippen molar-refractivity contribution in [3.8, 4) is 0 Å². The zero-order valence-corrected chi connectivity index (χ0v) is 5.63. The molecule has 0 atom stereocenters. The van der Waals surface area contributed by atoms with Crippen LogP contribution in [0, 0.1) is 11.8 Å². The van der Waals surface area contributed by atoms with Crippen LogP contribution in [-0.4, -0.2) is 11.1 Å². The molecule has 0 amide bonds. The average molecular weight is 128 g/mol. The third-order valence-corrected chi connectivity index (χ3v) is 1.93. The summed E-state index contributed by atoms with van der Waals surface area (Å²) in [6, 6.07) is 0. The third-order valence-electron chi connectivity index (χ3n) is 1.93. The Labute approximate surface area is 54.9 Å². The van der Waals surface area contributed by atoms with Gasteiger partial charge in [0, 0.05) is 6.42 Å². The van der Waals surface area contributed by atoms with Gasteiger partial charge in [0.1, 0.15) is 0 Å². The van der Waals surface area contributed by atoms with Crippen LogP contribution in [0.25, 0.3) is 0 Å². The zero-order valence-electron chi connectivity index (χ0n) is 5.63. The Kier molecular flexibility index (Phi) is 1.74. The van der Waals surface area contributed by atoms with E-state index in [1.165, 1.54) is 0 Å². The lowest BCUT2D eigenvalue weighted by Crippen LogP contribution is -2.23. The van der Waals surface area contributed by atoms with Crippen molar-refractivity contribution in [1.82, 2.24) is 0 Å². The maximum Gasteiger partial charge on any atom is 0.303 e. The smallest absolute Gasteiger partial charge is 0.303 e. The Balaban J connectivity index is 2.11. The summed E-state index contributed by atoms with van der Waals surface area (Å²) in [6.45, 7) is 2.17. The van der Waals surface area contributed by atoms with Crippen LogP contribution in [0.5, 0.6) is 0 Å². The summed E-state index contributed by atoms with van der Waals surface area (Å²) in [4.78, 5) is 10.1. The molecular weight excluding hydrogens is 116 g/mol. The van der Waals surface area contributed by atoms with Crippen molar-refractivity contribution in [2.24, 2.45) is 11.8 Å². The minimum absolute atomic E-state index is 0.379. The van der Waals surface area contributed by atoms with Gasteiger partial charge in [-0.15, -0.1) is 0 Å². The molecule has 1 rings (SSSR count). The summed E-state index contributed by atoms with van der Waals surface area (Å²) in [5, 5.41) is 8.34. The summed E-state index contributed by atoms with van der Waals surface area (Å²) in [5.74, 6) is 0.610. The molecule has 0 aromatic rings. The van der Waals surface area contributed by atoms with E-state index in [0.717, 1.165) is 18.8 Å². The second kappa shape index (κ2) is 2.38. The van der Waals surface area contributed by atoms with E-state index in [9.17, 15) is 4.79 Å². The van der Waals surface area contributed by atoms with Crippen LogP contribution in [-0.2, 0) is 4.79 Å². The Hall–Kier alpha value is -0.530. The highest BCUT2D eigenvalue weighted by molar-refractivity contribution is 5.67. The molecule has 1 fully saturated rings. The topological polar surface area (TPSA) is 37.3 Å². The molecule has 0 unspecified atom stereocenters. The number of carboxylic acids is 1. The van der Waals surface area contributed by atoms with Gasteiger partial charge in [0.05, 0.1) is 0 Å². The number of aliphatic carboxylic acids is 1. The SMILES string of the molecule is C[C@H]1C[C@H](CC(=O)O)C1. The van der Waals surface area contributed by atoms with Crippen LogP contribution < -0.4 is 0 Å². The van der Waals surface area contributed by atoms with Crippen molar-refractivity contribution in [3.63, 3.8) is 0 Å². The lowest BCUT2D eigenvalue weighted by molar-refractivity contribution is -0.139. The van der Waals surface area contributed by atoms with E-state index in [1.54, 1.807) is 0 Å². The number of carbonyl (C=O) groups is 1. The number of hydrogen-bond donors (Lipinski definition) is 1. The second-order valence-electron chi connectivity index (χ2n) is 3.04. The van der Waals surface area contributed by atoms with Gasteiger partial charge in [-0.3, -0.25) is 4.79 Å². The van der Waals surface area contributed by atoms with Crippen LogP contribution in [0.2, 0.25) is 0 Å². The molecule has 0 aliphatic heterocycles. The van der Waals surface area contributed by atoms with Crippen molar-refractivity contribution >= 4 is 5.97 Å². The molecule has 0 radical (unpaired) electrons. The van der Waals surface area contributed by atoms with Gasteiger partial charge in [0.2, 0.25) is 0 Å². The highest BCUT2D eigenvalue weighted by Crippen LogP contribution is 2.35. The average Bonchev–Trinajstić information content (AvgIpc) is 1.60. The molecule has 2 heteroatoms. The van der Waals surface area contributed by atoms with Gasteiger partial charge < -0.3 is 5.11 Å². The molecule has 0 aromatic heterocycles. The fraction of sp³-hybridized carbons (Fsp3) is 0.857. The molecular formula is C7H12O2. The fourth-order valence-corrected chi connectivity index (χ4v) is 1.48. The predicted molar refractivity (Wildman–Crippen MR) is 34.1 cm³/mol. The van der Waals surface area contributed by atoms with Crippen molar-refractivity contribution in [2.75, 3.05) is 0 Å². The lowest BCUT2D eigenvalue weighted by atomic mass is 9.74. The van der Waals surface area contributed by atoms with Crippen LogP contribution in [0.4, 0.5) is 0 Å². The Morgan fingerprint density at radius 1 is 1.67 bits per heavy atom. The zero-order chi connectivity index (χ0) is 6.85. The van der Waals surface area contributed by atoms with E-state index < -0.39 is 5.97 Å². The first-order valence-electron chi connectivity index (χ1n) is 3.40. The molecule has 52 valence electrons. The first-order valence-corrected chi connectivity index (χ1v) is 3.40. The van der Waals surface area contributed by atoms with Gasteiger partial charge in [-0.05, 0) is 24.7 Å². The quantitative estimate of drug-likeness (QED) is 0.612. The van der Waals surface area contributed by atoms with Gasteiger partial charge in [-0.25, -0.2) is 0 Å². The standard InChI is InChI=1S/C7H12O2/c1-5-2-6(3-5)4-7(8)9/h5-6H,2-4H2,1H3,(H,8,9)/t5-,6-. The number of carboxylic acid groups (broad SMARTS) is 1. The summed E-state index contributed by atoms with van der Waals surface area (Å²) in [6.07, 6.45) is 2.61. The van der Waals surface area contributed by atoms with Crippen LogP contribution in [0.15, 0.2) is 0 Å². The molecule has 1 aliphatic rings. The lowest BCUT2D eigenvalue weighted by Gasteiger charge is -2.31. The molecule has 0 saturated heterocycles. The Morgan fingerprint density at radius 3 is 2.56 bits per heavy atom. The normalized spacial score (nSPS) is 33.4. The molecule has 9 heavy (non-hydrogen) atoms. The van der Waals surface area contributed by atoms with Crippen molar-refractivity contribution in [2.45, 2.75) is 26.2 Å². The third kappa shape index (κ3) is 1.70. The van der Waals surface area contributed by atoms with E-state index in [4.69, 9.17) is 5.11 Å². The van der Waals surface area contributed by atoms with Crippen molar-refractivity contribution < 1.29 is 9.90 Å². The first-order chi connectivity index (χ1) is 4.18. The van der Waals surface area contributed by atoms with Crippen molar-refractivity contribution in [1.29, 1.82) is 0 Å². The highest BCUT2D eigenvalue weighted by atomic mass is 16.4. The summed E-state index contributed by atoms with van der Waals surface area (Å²) >= 11 is 0. The van der Waals surface area contributed by atoms with Crippen LogP contribution in [0.3, 0.4) is 0 Å². The molecule has 1 N–H and O–H groups in total. The van der Waals surface area contributed by atoms with E-state index in [1.807, 2.05) is 0 Å². The Morgan fingerprint density at radius 2 is 2.22 bits per heavy atom. The molecule has 0 heterocycles. The molecule has 0 aromatic carbocycles. The van der Waals surface area contributed by atoms with Gasteiger partial charge >= 0.3 is 5.97 Å². The van der Waals surface area contributed by atoms with Gasteiger partial charge in [-0.2, -0.15) is 0 Å². The number of hydrogen-bond acceptors (Lipinski definition) is 1. The first kappa shape index (κ1) is 6.59. The van der Waals surface area contributed by atoms with Gasteiger partial charge in [-0.1, -0.05) is 6.92 Å². The van der Waals surface area contributed by atoms with Crippen molar-refractivity contribution in [3.05, 3.63) is 0 Å². The summed E-state index contributed by atoms with van der Waals surface area (Å²) in [5.41, 5.74) is 0.